The maximum Gasteiger partial charge on any atom is 0.312 e. The smallest absolute Gasteiger partial charge is 0.312 e. The average Bonchev–Trinajstić information content (AvgIpc) is 2.60. The summed E-state index contributed by atoms with van der Waals surface area (Å²) in [5.74, 6) is -0.829. The first-order valence-corrected chi connectivity index (χ1v) is 8.89. The second-order valence-corrected chi connectivity index (χ2v) is 7.59. The molecular formula is C19H27N3O3. The molecule has 0 bridgehead atoms. The molecule has 2 amide bonds. The van der Waals surface area contributed by atoms with Gasteiger partial charge >= 0.3 is 11.8 Å². The fourth-order valence-corrected chi connectivity index (χ4v) is 3.55. The van der Waals surface area contributed by atoms with Crippen LogP contribution in [0.15, 0.2) is 30.3 Å². The van der Waals surface area contributed by atoms with E-state index in [-0.39, 0.29) is 17.7 Å². The predicted octanol–water partition coefficient (Wildman–Crippen LogP) is 1.19. The first-order chi connectivity index (χ1) is 11.9. The van der Waals surface area contributed by atoms with Crippen LogP contribution >= 0.6 is 0 Å². The van der Waals surface area contributed by atoms with Gasteiger partial charge in [-0.15, -0.1) is 0 Å². The van der Waals surface area contributed by atoms with Gasteiger partial charge in [-0.1, -0.05) is 30.3 Å². The number of ether oxygens (including phenoxy) is 1. The molecule has 0 spiro atoms. The monoisotopic (exact) mass is 345 g/mol. The van der Waals surface area contributed by atoms with E-state index in [1.165, 1.54) is 0 Å². The summed E-state index contributed by atoms with van der Waals surface area (Å²) in [5.41, 5.74) is 0.863. The molecule has 1 aromatic rings. The summed E-state index contributed by atoms with van der Waals surface area (Å²) < 4.78 is 5.98. The Bertz CT molecular complexity index is 632. The normalized spacial score (nSPS) is 26.4. The summed E-state index contributed by atoms with van der Waals surface area (Å²) in [6.07, 6.45) is -0.295. The van der Waals surface area contributed by atoms with Crippen molar-refractivity contribution in [3.05, 3.63) is 35.9 Å². The van der Waals surface area contributed by atoms with E-state index in [0.29, 0.717) is 32.7 Å². The van der Waals surface area contributed by atoms with Gasteiger partial charge in [0.15, 0.2) is 0 Å². The van der Waals surface area contributed by atoms with Crippen molar-refractivity contribution in [3.8, 4) is 0 Å². The third-order valence-corrected chi connectivity index (χ3v) is 4.76. The number of rotatable bonds is 1. The van der Waals surface area contributed by atoms with Gasteiger partial charge in [-0.05, 0) is 26.3 Å². The van der Waals surface area contributed by atoms with Crippen LogP contribution in [0.25, 0.3) is 0 Å². The molecule has 6 heteroatoms. The van der Waals surface area contributed by atoms with Crippen LogP contribution in [-0.2, 0) is 14.3 Å². The van der Waals surface area contributed by atoms with Crippen LogP contribution in [0.4, 0.5) is 0 Å². The maximum atomic E-state index is 12.8. The molecule has 0 saturated carbocycles. The van der Waals surface area contributed by atoms with Crippen molar-refractivity contribution in [3.63, 3.8) is 0 Å². The second kappa shape index (κ2) is 7.14. The van der Waals surface area contributed by atoms with Crippen LogP contribution < -0.4 is 5.32 Å². The number of morpholine rings is 1. The van der Waals surface area contributed by atoms with Gasteiger partial charge in [0.1, 0.15) is 6.10 Å². The summed E-state index contributed by atoms with van der Waals surface area (Å²) in [6.45, 7) is 8.69. The fourth-order valence-electron chi connectivity index (χ4n) is 3.55. The maximum absolute atomic E-state index is 12.8. The number of piperazine rings is 1. The zero-order valence-electron chi connectivity index (χ0n) is 15.2. The van der Waals surface area contributed by atoms with Crippen LogP contribution in [0.5, 0.6) is 0 Å². The Labute approximate surface area is 149 Å². The zero-order chi connectivity index (χ0) is 18.0. The molecule has 0 radical (unpaired) electrons. The third-order valence-electron chi connectivity index (χ3n) is 4.76. The van der Waals surface area contributed by atoms with E-state index in [9.17, 15) is 9.59 Å². The molecule has 0 unspecified atom stereocenters. The van der Waals surface area contributed by atoms with E-state index in [1.807, 2.05) is 51.1 Å². The summed E-state index contributed by atoms with van der Waals surface area (Å²) in [6, 6.07) is 9.85. The number of benzene rings is 1. The lowest BCUT2D eigenvalue weighted by Gasteiger charge is -2.41. The Kier molecular flexibility index (Phi) is 5.11. The third kappa shape index (κ3) is 4.19. The van der Waals surface area contributed by atoms with Crippen LogP contribution in [0.3, 0.4) is 0 Å². The number of carbonyl (C=O) groups excluding carboxylic acids is 2. The lowest BCUT2D eigenvalue weighted by Crippen LogP contribution is -2.61. The standard InChI is InChI=1S/C19H27N3O3/c1-14-11-22(12-16(25-14)15-7-5-4-6-8-15)18(24)17(23)21-10-9-20-19(2,3)13-21/h4-8,14,16,20H,9-13H2,1-3H3/t14-,16-/m1/s1. The Morgan fingerprint density at radius 1 is 1.12 bits per heavy atom. The molecule has 2 aliphatic rings. The highest BCUT2D eigenvalue weighted by Gasteiger charge is 2.37. The van der Waals surface area contributed by atoms with Crippen molar-refractivity contribution in [2.45, 2.75) is 38.5 Å². The topological polar surface area (TPSA) is 61.9 Å². The van der Waals surface area contributed by atoms with Crippen LogP contribution in [0.2, 0.25) is 0 Å². The number of nitrogens with zero attached hydrogens (tertiary/aromatic N) is 2. The molecule has 2 fully saturated rings. The molecule has 2 atom stereocenters. The highest BCUT2D eigenvalue weighted by Crippen LogP contribution is 2.25. The Hall–Kier alpha value is -1.92. The van der Waals surface area contributed by atoms with Crippen molar-refractivity contribution >= 4 is 11.8 Å². The molecule has 3 rings (SSSR count). The second-order valence-electron chi connectivity index (χ2n) is 7.59. The van der Waals surface area contributed by atoms with Crippen molar-refractivity contribution < 1.29 is 14.3 Å². The number of amides is 2. The molecule has 1 N–H and O–H groups in total. The van der Waals surface area contributed by atoms with Crippen LogP contribution in [0, 0.1) is 0 Å². The van der Waals surface area contributed by atoms with Crippen molar-refractivity contribution in [1.29, 1.82) is 0 Å². The molecule has 2 aliphatic heterocycles. The minimum Gasteiger partial charge on any atom is -0.367 e. The molecule has 1 aromatic carbocycles. The van der Waals surface area contributed by atoms with Gasteiger partial charge in [-0.25, -0.2) is 0 Å². The Morgan fingerprint density at radius 3 is 2.48 bits per heavy atom. The summed E-state index contributed by atoms with van der Waals surface area (Å²) >= 11 is 0. The molecule has 2 heterocycles. The molecule has 0 aliphatic carbocycles. The molecular weight excluding hydrogens is 318 g/mol. The number of carbonyl (C=O) groups is 2. The van der Waals surface area contributed by atoms with Gasteiger partial charge in [0.2, 0.25) is 0 Å². The van der Waals surface area contributed by atoms with Crippen molar-refractivity contribution in [2.24, 2.45) is 0 Å². The van der Waals surface area contributed by atoms with Crippen molar-refractivity contribution in [1.82, 2.24) is 15.1 Å². The van der Waals surface area contributed by atoms with E-state index in [4.69, 9.17) is 4.74 Å². The van der Waals surface area contributed by atoms with Gasteiger partial charge in [-0.2, -0.15) is 0 Å². The average molecular weight is 345 g/mol. The lowest BCUT2D eigenvalue weighted by atomic mass is 10.0. The highest BCUT2D eigenvalue weighted by atomic mass is 16.5. The lowest BCUT2D eigenvalue weighted by molar-refractivity contribution is -0.160. The van der Waals surface area contributed by atoms with Gasteiger partial charge in [0, 0.05) is 31.7 Å². The molecule has 0 aromatic heterocycles. The Balaban J connectivity index is 1.69. The van der Waals surface area contributed by atoms with Gasteiger partial charge < -0.3 is 19.9 Å². The van der Waals surface area contributed by atoms with Crippen molar-refractivity contribution in [2.75, 3.05) is 32.7 Å². The van der Waals surface area contributed by atoms with Gasteiger partial charge in [0.25, 0.3) is 0 Å². The Morgan fingerprint density at radius 2 is 1.80 bits per heavy atom. The number of hydrogen-bond donors (Lipinski definition) is 1. The number of nitrogens with one attached hydrogen (secondary N) is 1. The van der Waals surface area contributed by atoms with E-state index in [1.54, 1.807) is 9.80 Å². The summed E-state index contributed by atoms with van der Waals surface area (Å²) in [5, 5.41) is 3.36. The highest BCUT2D eigenvalue weighted by molar-refractivity contribution is 6.35. The van der Waals surface area contributed by atoms with Gasteiger partial charge in [-0.3, -0.25) is 9.59 Å². The summed E-state index contributed by atoms with van der Waals surface area (Å²) in [4.78, 5) is 28.8. The van der Waals surface area contributed by atoms with Crippen LogP contribution in [0.1, 0.15) is 32.4 Å². The minimum absolute atomic E-state index is 0.102. The van der Waals surface area contributed by atoms with Gasteiger partial charge in [0.05, 0.1) is 12.6 Å². The molecule has 136 valence electrons. The quantitative estimate of drug-likeness (QED) is 0.777. The summed E-state index contributed by atoms with van der Waals surface area (Å²) in [7, 11) is 0. The molecule has 25 heavy (non-hydrogen) atoms. The first kappa shape index (κ1) is 17.9. The van der Waals surface area contributed by atoms with E-state index in [2.05, 4.69) is 5.32 Å². The predicted molar refractivity (Wildman–Crippen MR) is 95.0 cm³/mol. The van der Waals surface area contributed by atoms with E-state index < -0.39 is 11.8 Å². The number of hydrogen-bond acceptors (Lipinski definition) is 4. The minimum atomic E-state index is -0.422. The SMILES string of the molecule is C[C@@H]1CN(C(=O)C(=O)N2CCNC(C)(C)C2)C[C@H](c2ccccc2)O1. The molecule has 6 nitrogen and oxygen atoms in total. The van der Waals surface area contributed by atoms with E-state index >= 15 is 0 Å². The largest absolute Gasteiger partial charge is 0.367 e. The van der Waals surface area contributed by atoms with E-state index in [0.717, 1.165) is 5.56 Å². The first-order valence-electron chi connectivity index (χ1n) is 8.89. The zero-order valence-corrected chi connectivity index (χ0v) is 15.2. The van der Waals surface area contributed by atoms with Crippen LogP contribution in [-0.4, -0.2) is 66.0 Å². The fraction of sp³-hybridized carbons (Fsp3) is 0.579. The molecule has 2 saturated heterocycles.